The van der Waals surface area contributed by atoms with Crippen molar-refractivity contribution in [2.45, 2.75) is 39.0 Å². The van der Waals surface area contributed by atoms with Gasteiger partial charge in [-0.2, -0.15) is 0 Å². The molecular weight excluding hydrogens is 196 g/mol. The molecular formula is C14H20N2. The molecule has 0 atom stereocenters. The second kappa shape index (κ2) is 3.93. The van der Waals surface area contributed by atoms with E-state index in [0.717, 1.165) is 5.65 Å². The van der Waals surface area contributed by atoms with Crippen molar-refractivity contribution in [2.75, 3.05) is 0 Å². The van der Waals surface area contributed by atoms with E-state index in [1.165, 1.54) is 23.8 Å². The molecule has 0 unspecified atom stereocenters. The van der Waals surface area contributed by atoms with Crippen LogP contribution in [-0.2, 0) is 12.5 Å². The van der Waals surface area contributed by atoms with Gasteiger partial charge in [-0.25, -0.2) is 4.98 Å². The standard InChI is InChI=1S/C14H20N2/c1-5-7-14(2,3)12-9-11-6-8-16(4)13(11)15-10-12/h6,8-10H,5,7H2,1-4H3. The highest BCUT2D eigenvalue weighted by Gasteiger charge is 2.20. The van der Waals surface area contributed by atoms with Crippen LogP contribution in [0.2, 0.25) is 0 Å². The van der Waals surface area contributed by atoms with Crippen molar-refractivity contribution in [1.29, 1.82) is 0 Å². The van der Waals surface area contributed by atoms with E-state index in [9.17, 15) is 0 Å². The number of aryl methyl sites for hydroxylation is 1. The van der Waals surface area contributed by atoms with Gasteiger partial charge in [0.05, 0.1) is 0 Å². The van der Waals surface area contributed by atoms with Gasteiger partial charge >= 0.3 is 0 Å². The lowest BCUT2D eigenvalue weighted by Gasteiger charge is -2.24. The van der Waals surface area contributed by atoms with Crippen molar-refractivity contribution in [3.05, 3.63) is 30.1 Å². The summed E-state index contributed by atoms with van der Waals surface area (Å²) in [6.45, 7) is 6.82. The molecule has 2 nitrogen and oxygen atoms in total. The summed E-state index contributed by atoms with van der Waals surface area (Å²) in [7, 11) is 2.03. The van der Waals surface area contributed by atoms with Crippen LogP contribution in [0.5, 0.6) is 0 Å². The fraction of sp³-hybridized carbons (Fsp3) is 0.500. The molecule has 0 N–H and O–H groups in total. The van der Waals surface area contributed by atoms with Crippen molar-refractivity contribution in [2.24, 2.45) is 7.05 Å². The highest BCUT2D eigenvalue weighted by molar-refractivity contribution is 5.76. The van der Waals surface area contributed by atoms with E-state index in [4.69, 9.17) is 0 Å². The highest BCUT2D eigenvalue weighted by Crippen LogP contribution is 2.29. The molecule has 86 valence electrons. The number of pyridine rings is 1. The molecule has 0 spiro atoms. The van der Waals surface area contributed by atoms with Gasteiger partial charge in [0.15, 0.2) is 0 Å². The number of aromatic nitrogens is 2. The molecule has 2 heteroatoms. The number of hydrogen-bond acceptors (Lipinski definition) is 1. The quantitative estimate of drug-likeness (QED) is 0.765. The summed E-state index contributed by atoms with van der Waals surface area (Å²) < 4.78 is 2.06. The molecule has 16 heavy (non-hydrogen) atoms. The minimum absolute atomic E-state index is 0.228. The fourth-order valence-corrected chi connectivity index (χ4v) is 2.29. The Kier molecular flexibility index (Phi) is 2.75. The van der Waals surface area contributed by atoms with Crippen LogP contribution >= 0.6 is 0 Å². The monoisotopic (exact) mass is 216 g/mol. The normalized spacial score (nSPS) is 12.2. The number of nitrogens with zero attached hydrogens (tertiary/aromatic N) is 2. The van der Waals surface area contributed by atoms with Crippen molar-refractivity contribution in [3.8, 4) is 0 Å². The molecule has 0 bridgehead atoms. The fourth-order valence-electron chi connectivity index (χ4n) is 2.29. The molecule has 0 fully saturated rings. The molecule has 2 rings (SSSR count). The first-order valence-electron chi connectivity index (χ1n) is 5.96. The van der Waals surface area contributed by atoms with Gasteiger partial charge in [0.25, 0.3) is 0 Å². The molecule has 2 aromatic rings. The summed E-state index contributed by atoms with van der Waals surface area (Å²) in [5.74, 6) is 0. The Hall–Kier alpha value is -1.31. The summed E-state index contributed by atoms with van der Waals surface area (Å²) in [6, 6.07) is 4.41. The Labute approximate surface area is 97.3 Å². The molecule has 2 aromatic heterocycles. The minimum Gasteiger partial charge on any atom is -0.336 e. The first kappa shape index (κ1) is 11.2. The molecule has 0 saturated carbocycles. The molecule has 0 radical (unpaired) electrons. The van der Waals surface area contributed by atoms with E-state index >= 15 is 0 Å². The van der Waals surface area contributed by atoms with Crippen molar-refractivity contribution in [3.63, 3.8) is 0 Å². The molecule has 2 heterocycles. The summed E-state index contributed by atoms with van der Waals surface area (Å²) in [6.07, 6.45) is 6.50. The maximum Gasteiger partial charge on any atom is 0.139 e. The molecule has 0 aliphatic carbocycles. The summed E-state index contributed by atoms with van der Waals surface area (Å²) >= 11 is 0. The lowest BCUT2D eigenvalue weighted by molar-refractivity contribution is 0.472. The largest absolute Gasteiger partial charge is 0.336 e. The Morgan fingerprint density at radius 2 is 2.12 bits per heavy atom. The average Bonchev–Trinajstić information content (AvgIpc) is 2.60. The van der Waals surface area contributed by atoms with Crippen LogP contribution in [0.1, 0.15) is 39.2 Å². The Morgan fingerprint density at radius 1 is 1.38 bits per heavy atom. The van der Waals surface area contributed by atoms with Gasteiger partial charge < -0.3 is 4.57 Å². The van der Waals surface area contributed by atoms with Crippen LogP contribution in [-0.4, -0.2) is 9.55 Å². The first-order valence-corrected chi connectivity index (χ1v) is 5.96. The van der Waals surface area contributed by atoms with E-state index in [0.29, 0.717) is 0 Å². The van der Waals surface area contributed by atoms with E-state index in [-0.39, 0.29) is 5.41 Å². The zero-order chi connectivity index (χ0) is 11.8. The Bertz CT molecular complexity index is 494. The number of hydrogen-bond donors (Lipinski definition) is 0. The lowest BCUT2D eigenvalue weighted by Crippen LogP contribution is -2.16. The van der Waals surface area contributed by atoms with Crippen LogP contribution in [0.25, 0.3) is 11.0 Å². The van der Waals surface area contributed by atoms with E-state index in [1.54, 1.807) is 0 Å². The zero-order valence-electron chi connectivity index (χ0n) is 10.6. The third-order valence-electron chi connectivity index (χ3n) is 3.36. The topological polar surface area (TPSA) is 17.8 Å². The predicted molar refractivity (Wildman–Crippen MR) is 68.6 cm³/mol. The van der Waals surface area contributed by atoms with Gasteiger partial charge in [0.2, 0.25) is 0 Å². The second-order valence-electron chi connectivity index (χ2n) is 5.20. The molecule has 0 aliphatic rings. The Balaban J connectivity index is 2.46. The second-order valence-corrected chi connectivity index (χ2v) is 5.20. The van der Waals surface area contributed by atoms with Crippen LogP contribution < -0.4 is 0 Å². The molecule has 0 amide bonds. The van der Waals surface area contributed by atoms with Gasteiger partial charge in [-0.05, 0) is 29.5 Å². The lowest BCUT2D eigenvalue weighted by atomic mass is 9.81. The number of fused-ring (bicyclic) bond motifs is 1. The van der Waals surface area contributed by atoms with E-state index in [1.807, 2.05) is 13.2 Å². The average molecular weight is 216 g/mol. The van der Waals surface area contributed by atoms with Gasteiger partial charge in [0, 0.05) is 24.8 Å². The maximum atomic E-state index is 4.55. The highest BCUT2D eigenvalue weighted by atomic mass is 15.0. The predicted octanol–water partition coefficient (Wildman–Crippen LogP) is 3.65. The SMILES string of the molecule is CCCC(C)(C)c1cnc2c(ccn2C)c1. The third-order valence-corrected chi connectivity index (χ3v) is 3.36. The van der Waals surface area contributed by atoms with Gasteiger partial charge in [-0.3, -0.25) is 0 Å². The summed E-state index contributed by atoms with van der Waals surface area (Å²) in [5, 5.41) is 1.24. The molecule has 0 aromatic carbocycles. The zero-order valence-corrected chi connectivity index (χ0v) is 10.6. The van der Waals surface area contributed by atoms with Crippen LogP contribution in [0.15, 0.2) is 24.5 Å². The smallest absolute Gasteiger partial charge is 0.139 e. The molecule has 0 saturated heterocycles. The van der Waals surface area contributed by atoms with Crippen molar-refractivity contribution in [1.82, 2.24) is 9.55 Å². The van der Waals surface area contributed by atoms with Crippen molar-refractivity contribution >= 4 is 11.0 Å². The van der Waals surface area contributed by atoms with Crippen molar-refractivity contribution < 1.29 is 0 Å². The Morgan fingerprint density at radius 3 is 2.81 bits per heavy atom. The van der Waals surface area contributed by atoms with Gasteiger partial charge in [-0.1, -0.05) is 27.2 Å². The maximum absolute atomic E-state index is 4.55. The minimum atomic E-state index is 0.228. The first-order chi connectivity index (χ1) is 7.54. The van der Waals surface area contributed by atoms with Gasteiger partial charge in [-0.15, -0.1) is 0 Å². The third kappa shape index (κ3) is 1.84. The number of rotatable bonds is 3. The van der Waals surface area contributed by atoms with Gasteiger partial charge in [0.1, 0.15) is 5.65 Å². The van der Waals surface area contributed by atoms with Crippen LogP contribution in [0.4, 0.5) is 0 Å². The molecule has 0 aliphatic heterocycles. The van der Waals surface area contributed by atoms with E-state index in [2.05, 4.69) is 48.7 Å². The summed E-state index contributed by atoms with van der Waals surface area (Å²) in [5.41, 5.74) is 2.63. The van der Waals surface area contributed by atoms with Crippen LogP contribution in [0.3, 0.4) is 0 Å². The summed E-state index contributed by atoms with van der Waals surface area (Å²) in [4.78, 5) is 4.55. The van der Waals surface area contributed by atoms with Crippen LogP contribution in [0, 0.1) is 0 Å². The van der Waals surface area contributed by atoms with E-state index < -0.39 is 0 Å².